The van der Waals surface area contributed by atoms with E-state index in [4.69, 9.17) is 0 Å². The van der Waals surface area contributed by atoms with Gasteiger partial charge in [-0.15, -0.1) is 0 Å². The van der Waals surface area contributed by atoms with Gasteiger partial charge >= 0.3 is 0 Å². The molecule has 0 spiro atoms. The molecule has 3 aliphatic rings. The average Bonchev–Trinajstić information content (AvgIpc) is 3.49. The van der Waals surface area contributed by atoms with Crippen molar-refractivity contribution in [2.45, 2.75) is 44.6 Å². The van der Waals surface area contributed by atoms with Gasteiger partial charge in [0.1, 0.15) is 5.75 Å². The Morgan fingerprint density at radius 1 is 1.08 bits per heavy atom. The van der Waals surface area contributed by atoms with Gasteiger partial charge in [-0.25, -0.2) is 0 Å². The molecule has 1 aliphatic heterocycles. The van der Waals surface area contributed by atoms with E-state index in [1.165, 1.54) is 18.5 Å². The van der Waals surface area contributed by atoms with Gasteiger partial charge in [0, 0.05) is 43.6 Å². The lowest BCUT2D eigenvalue weighted by molar-refractivity contribution is -0.131. The van der Waals surface area contributed by atoms with Crippen molar-refractivity contribution < 1.29 is 9.90 Å². The smallest absolute Gasteiger partial charge is 0.241 e. The Morgan fingerprint density at radius 2 is 1.81 bits per heavy atom. The number of hydrogen-bond acceptors (Lipinski definition) is 4. The maximum Gasteiger partial charge on any atom is 0.241 e. The standard InChI is InChI=1S/C21H29N3O2/c25-20-10-8-17(9-11-20)23-14-12-22(13-15-23)16-21(26)24(19-6-7-19)18-4-2-1-3-5-18/h4,8-11,19,25H,1-3,5-7,12-16H2. The molecule has 140 valence electrons. The van der Waals surface area contributed by atoms with Crippen LogP contribution < -0.4 is 4.90 Å². The topological polar surface area (TPSA) is 47.0 Å². The number of carbonyl (C=O) groups excluding carboxylic acids is 1. The van der Waals surface area contributed by atoms with Crippen LogP contribution in [0.5, 0.6) is 5.75 Å². The number of piperazine rings is 1. The number of aromatic hydroxyl groups is 1. The quantitative estimate of drug-likeness (QED) is 0.882. The van der Waals surface area contributed by atoms with Crippen molar-refractivity contribution in [3.63, 3.8) is 0 Å². The summed E-state index contributed by atoms with van der Waals surface area (Å²) in [5, 5.41) is 9.43. The highest BCUT2D eigenvalue weighted by Gasteiger charge is 2.35. The molecule has 1 N–H and O–H groups in total. The number of allylic oxidation sites excluding steroid dienone is 2. The van der Waals surface area contributed by atoms with Crippen LogP contribution >= 0.6 is 0 Å². The van der Waals surface area contributed by atoms with E-state index < -0.39 is 0 Å². The molecule has 0 aromatic heterocycles. The molecule has 0 bridgehead atoms. The highest BCUT2D eigenvalue weighted by molar-refractivity contribution is 5.81. The summed E-state index contributed by atoms with van der Waals surface area (Å²) < 4.78 is 0. The monoisotopic (exact) mass is 355 g/mol. The van der Waals surface area contributed by atoms with Gasteiger partial charge in [-0.05, 0) is 62.8 Å². The molecule has 1 amide bonds. The van der Waals surface area contributed by atoms with E-state index in [1.54, 1.807) is 12.1 Å². The Hall–Kier alpha value is -2.01. The SMILES string of the molecule is O=C(CN1CCN(c2ccc(O)cc2)CC1)N(C1=CCCCC1)C1CC1. The molecular weight excluding hydrogens is 326 g/mol. The fourth-order valence-corrected chi connectivity index (χ4v) is 4.07. The summed E-state index contributed by atoms with van der Waals surface area (Å²) in [6.07, 6.45) is 9.29. The first kappa shape index (κ1) is 17.4. The molecule has 1 heterocycles. The second kappa shape index (κ2) is 7.70. The predicted molar refractivity (Wildman–Crippen MR) is 103 cm³/mol. The zero-order valence-electron chi connectivity index (χ0n) is 15.4. The zero-order valence-corrected chi connectivity index (χ0v) is 15.4. The van der Waals surface area contributed by atoms with Crippen molar-refractivity contribution in [3.8, 4) is 5.75 Å². The van der Waals surface area contributed by atoms with Gasteiger partial charge in [0.25, 0.3) is 0 Å². The third-order valence-corrected chi connectivity index (χ3v) is 5.70. The van der Waals surface area contributed by atoms with Crippen LogP contribution in [0.15, 0.2) is 36.0 Å². The molecule has 0 atom stereocenters. The number of amides is 1. The van der Waals surface area contributed by atoms with Crippen molar-refractivity contribution in [1.82, 2.24) is 9.80 Å². The first-order chi connectivity index (χ1) is 12.7. The minimum absolute atomic E-state index is 0.290. The van der Waals surface area contributed by atoms with Gasteiger partial charge in [0.15, 0.2) is 0 Å². The lowest BCUT2D eigenvalue weighted by atomic mass is 10.0. The van der Waals surface area contributed by atoms with E-state index in [0.717, 1.165) is 57.5 Å². The zero-order chi connectivity index (χ0) is 17.9. The van der Waals surface area contributed by atoms with Gasteiger partial charge < -0.3 is 14.9 Å². The number of carbonyl (C=O) groups is 1. The van der Waals surface area contributed by atoms with Crippen LogP contribution in [0.1, 0.15) is 38.5 Å². The molecule has 26 heavy (non-hydrogen) atoms. The maximum atomic E-state index is 13.0. The molecule has 5 nitrogen and oxygen atoms in total. The molecule has 1 saturated carbocycles. The highest BCUT2D eigenvalue weighted by atomic mass is 16.3. The molecule has 0 unspecified atom stereocenters. The molecule has 5 heteroatoms. The second-order valence-corrected chi connectivity index (χ2v) is 7.72. The van der Waals surface area contributed by atoms with E-state index >= 15 is 0 Å². The number of rotatable bonds is 5. The summed E-state index contributed by atoms with van der Waals surface area (Å²) in [5.41, 5.74) is 2.42. The first-order valence-corrected chi connectivity index (χ1v) is 9.98. The molecule has 0 radical (unpaired) electrons. The van der Waals surface area contributed by atoms with Crippen LogP contribution in [0.2, 0.25) is 0 Å². The average molecular weight is 355 g/mol. The van der Waals surface area contributed by atoms with Crippen LogP contribution in [0.25, 0.3) is 0 Å². The van der Waals surface area contributed by atoms with Crippen LogP contribution in [0, 0.1) is 0 Å². The Labute approximate surface area is 155 Å². The van der Waals surface area contributed by atoms with Crippen LogP contribution in [-0.4, -0.2) is 59.6 Å². The summed E-state index contributed by atoms with van der Waals surface area (Å²) >= 11 is 0. The van der Waals surface area contributed by atoms with Gasteiger partial charge in [-0.1, -0.05) is 6.08 Å². The van der Waals surface area contributed by atoms with Crippen LogP contribution in [0.3, 0.4) is 0 Å². The third-order valence-electron chi connectivity index (χ3n) is 5.70. The van der Waals surface area contributed by atoms with Crippen molar-refractivity contribution in [2.24, 2.45) is 0 Å². The summed E-state index contributed by atoms with van der Waals surface area (Å²) in [4.78, 5) is 19.7. The summed E-state index contributed by atoms with van der Waals surface area (Å²) in [7, 11) is 0. The highest BCUT2D eigenvalue weighted by Crippen LogP contribution is 2.34. The first-order valence-electron chi connectivity index (χ1n) is 9.98. The summed E-state index contributed by atoms with van der Waals surface area (Å²) in [6.45, 7) is 4.19. The number of hydrogen-bond donors (Lipinski definition) is 1. The number of phenolic OH excluding ortho intramolecular Hbond substituents is 1. The van der Waals surface area contributed by atoms with E-state index in [-0.39, 0.29) is 0 Å². The van der Waals surface area contributed by atoms with Gasteiger partial charge in [0.05, 0.1) is 6.54 Å². The van der Waals surface area contributed by atoms with Crippen LogP contribution in [-0.2, 0) is 4.79 Å². The second-order valence-electron chi connectivity index (χ2n) is 7.72. The van der Waals surface area contributed by atoms with Crippen molar-refractivity contribution in [1.29, 1.82) is 0 Å². The van der Waals surface area contributed by atoms with Gasteiger partial charge in [-0.2, -0.15) is 0 Å². The summed E-state index contributed by atoms with van der Waals surface area (Å²) in [5.74, 6) is 0.592. The minimum Gasteiger partial charge on any atom is -0.508 e. The molecule has 2 aliphatic carbocycles. The molecule has 2 fully saturated rings. The fraction of sp³-hybridized carbons (Fsp3) is 0.571. The van der Waals surface area contributed by atoms with Gasteiger partial charge in [-0.3, -0.25) is 9.69 Å². The number of benzene rings is 1. The third kappa shape index (κ3) is 4.04. The van der Waals surface area contributed by atoms with Crippen molar-refractivity contribution in [2.75, 3.05) is 37.6 Å². The van der Waals surface area contributed by atoms with Gasteiger partial charge in [0.2, 0.25) is 5.91 Å². The van der Waals surface area contributed by atoms with E-state index in [0.29, 0.717) is 24.2 Å². The Bertz CT molecular complexity index is 658. The Morgan fingerprint density at radius 3 is 2.42 bits per heavy atom. The molecule has 1 aromatic rings. The minimum atomic E-state index is 0.290. The molecule has 1 saturated heterocycles. The van der Waals surface area contributed by atoms with E-state index in [9.17, 15) is 9.90 Å². The normalized spacial score (nSPS) is 21.4. The molecule has 1 aromatic carbocycles. The van der Waals surface area contributed by atoms with E-state index in [1.807, 2.05) is 12.1 Å². The Kier molecular flexibility index (Phi) is 5.16. The lowest BCUT2D eigenvalue weighted by Gasteiger charge is -2.37. The molecular formula is C21H29N3O2. The van der Waals surface area contributed by atoms with Crippen molar-refractivity contribution >= 4 is 11.6 Å². The summed E-state index contributed by atoms with van der Waals surface area (Å²) in [6, 6.07) is 7.85. The maximum absolute atomic E-state index is 13.0. The lowest BCUT2D eigenvalue weighted by Crippen LogP contribution is -2.50. The van der Waals surface area contributed by atoms with E-state index in [2.05, 4.69) is 20.8 Å². The number of nitrogens with zero attached hydrogens (tertiary/aromatic N) is 3. The fourth-order valence-electron chi connectivity index (χ4n) is 4.07. The molecule has 4 rings (SSSR count). The number of phenols is 1. The number of anilines is 1. The van der Waals surface area contributed by atoms with Crippen LogP contribution in [0.4, 0.5) is 5.69 Å². The largest absolute Gasteiger partial charge is 0.508 e. The predicted octanol–water partition coefficient (Wildman–Crippen LogP) is 2.96. The Balaban J connectivity index is 1.32. The van der Waals surface area contributed by atoms with Crippen molar-refractivity contribution in [3.05, 3.63) is 36.0 Å².